The summed E-state index contributed by atoms with van der Waals surface area (Å²) < 4.78 is 5.92. The maximum absolute atomic E-state index is 6.11. The summed E-state index contributed by atoms with van der Waals surface area (Å²) in [4.78, 5) is 2.40. The molecule has 0 amide bonds. The summed E-state index contributed by atoms with van der Waals surface area (Å²) in [5.41, 5.74) is 10.6. The molecule has 3 heteroatoms. The maximum Gasteiger partial charge on any atom is 0.134 e. The number of hydrogen-bond donors (Lipinski definition) is 1. The Balaban J connectivity index is 1.57. The van der Waals surface area contributed by atoms with Crippen molar-refractivity contribution in [2.24, 2.45) is 0 Å². The number of nitrogens with two attached hydrogens (primary N) is 1. The molecule has 106 valence electrons. The molecule has 2 aromatic carbocycles. The highest BCUT2D eigenvalue weighted by Gasteiger charge is 2.19. The van der Waals surface area contributed by atoms with Crippen LogP contribution in [0.3, 0.4) is 0 Å². The number of nitrogen functional groups attached to an aromatic ring is 1. The average molecular weight is 278 g/mol. The number of furan rings is 1. The Morgan fingerprint density at radius 3 is 2.90 bits per heavy atom. The molecular formula is C18H18N2O. The maximum atomic E-state index is 6.11. The van der Waals surface area contributed by atoms with Crippen molar-refractivity contribution in [1.29, 1.82) is 0 Å². The van der Waals surface area contributed by atoms with Crippen LogP contribution in [0.5, 0.6) is 0 Å². The second-order valence-electron chi connectivity index (χ2n) is 5.70. The first-order valence-corrected chi connectivity index (χ1v) is 7.35. The highest BCUT2D eigenvalue weighted by Crippen LogP contribution is 2.26. The van der Waals surface area contributed by atoms with Crippen molar-refractivity contribution in [3.63, 3.8) is 0 Å². The van der Waals surface area contributed by atoms with Gasteiger partial charge in [-0.05, 0) is 35.7 Å². The number of rotatable bonds is 2. The van der Waals surface area contributed by atoms with E-state index in [1.165, 1.54) is 16.5 Å². The molecule has 0 saturated carbocycles. The molecule has 1 aromatic heterocycles. The minimum Gasteiger partial charge on any atom is -0.460 e. The Morgan fingerprint density at radius 2 is 2.00 bits per heavy atom. The fourth-order valence-electron chi connectivity index (χ4n) is 3.13. The van der Waals surface area contributed by atoms with Crippen molar-refractivity contribution in [3.8, 4) is 0 Å². The highest BCUT2D eigenvalue weighted by atomic mass is 16.3. The Hall–Kier alpha value is -2.26. The standard InChI is InChI=1S/C18H18N2O/c19-17-6-3-5-13-8-9-20(12-16(13)17)11-15-10-14-4-1-2-7-18(14)21-15/h1-7,10H,8-9,11-12,19H2. The largest absolute Gasteiger partial charge is 0.460 e. The second kappa shape index (κ2) is 4.93. The van der Waals surface area contributed by atoms with E-state index in [0.29, 0.717) is 0 Å². The lowest BCUT2D eigenvalue weighted by Crippen LogP contribution is -2.30. The molecule has 0 atom stereocenters. The van der Waals surface area contributed by atoms with Crippen LogP contribution in [0.25, 0.3) is 11.0 Å². The number of nitrogens with zero attached hydrogens (tertiary/aromatic N) is 1. The van der Waals surface area contributed by atoms with Crippen LogP contribution in [0.4, 0.5) is 5.69 Å². The zero-order valence-electron chi connectivity index (χ0n) is 11.9. The van der Waals surface area contributed by atoms with Crippen LogP contribution in [-0.2, 0) is 19.5 Å². The van der Waals surface area contributed by atoms with Gasteiger partial charge >= 0.3 is 0 Å². The third kappa shape index (κ3) is 2.30. The molecule has 21 heavy (non-hydrogen) atoms. The van der Waals surface area contributed by atoms with Crippen LogP contribution >= 0.6 is 0 Å². The molecule has 0 radical (unpaired) electrons. The molecule has 0 spiro atoms. The van der Waals surface area contributed by atoms with Gasteiger partial charge in [0.15, 0.2) is 0 Å². The van der Waals surface area contributed by atoms with Crippen LogP contribution in [0.2, 0.25) is 0 Å². The van der Waals surface area contributed by atoms with E-state index in [1.807, 2.05) is 30.3 Å². The molecule has 1 aliphatic heterocycles. The van der Waals surface area contributed by atoms with E-state index in [0.717, 1.165) is 43.1 Å². The smallest absolute Gasteiger partial charge is 0.134 e. The molecular weight excluding hydrogens is 260 g/mol. The lowest BCUT2D eigenvalue weighted by molar-refractivity contribution is 0.228. The summed E-state index contributed by atoms with van der Waals surface area (Å²) >= 11 is 0. The topological polar surface area (TPSA) is 42.4 Å². The van der Waals surface area contributed by atoms with E-state index < -0.39 is 0 Å². The number of benzene rings is 2. The number of para-hydroxylation sites is 1. The van der Waals surface area contributed by atoms with Crippen molar-refractivity contribution in [2.45, 2.75) is 19.5 Å². The molecule has 0 aliphatic carbocycles. The molecule has 3 nitrogen and oxygen atoms in total. The van der Waals surface area contributed by atoms with Gasteiger partial charge in [0.2, 0.25) is 0 Å². The number of anilines is 1. The summed E-state index contributed by atoms with van der Waals surface area (Å²) in [7, 11) is 0. The predicted octanol–water partition coefficient (Wildman–Crippen LogP) is 3.57. The third-order valence-electron chi connectivity index (χ3n) is 4.24. The van der Waals surface area contributed by atoms with E-state index in [2.05, 4.69) is 23.1 Å². The Morgan fingerprint density at radius 1 is 1.10 bits per heavy atom. The lowest BCUT2D eigenvalue weighted by Gasteiger charge is -2.28. The Labute approximate surface area is 124 Å². The first-order chi connectivity index (χ1) is 10.3. The van der Waals surface area contributed by atoms with Gasteiger partial charge in [-0.15, -0.1) is 0 Å². The van der Waals surface area contributed by atoms with Gasteiger partial charge in [0, 0.05) is 24.2 Å². The fraction of sp³-hybridized carbons (Fsp3) is 0.222. The van der Waals surface area contributed by atoms with E-state index in [-0.39, 0.29) is 0 Å². The molecule has 1 aliphatic rings. The summed E-state index contributed by atoms with van der Waals surface area (Å²) in [6, 6.07) is 16.5. The van der Waals surface area contributed by atoms with Crippen LogP contribution in [0, 0.1) is 0 Å². The summed E-state index contributed by atoms with van der Waals surface area (Å²) in [5.74, 6) is 1.02. The monoisotopic (exact) mass is 278 g/mol. The first kappa shape index (κ1) is 12.5. The van der Waals surface area contributed by atoms with Gasteiger partial charge in [-0.25, -0.2) is 0 Å². The summed E-state index contributed by atoms with van der Waals surface area (Å²) in [6.45, 7) is 2.79. The highest BCUT2D eigenvalue weighted by molar-refractivity contribution is 5.77. The minimum atomic E-state index is 0.836. The van der Waals surface area contributed by atoms with E-state index in [4.69, 9.17) is 10.2 Å². The van der Waals surface area contributed by atoms with E-state index in [1.54, 1.807) is 0 Å². The predicted molar refractivity (Wildman–Crippen MR) is 84.9 cm³/mol. The van der Waals surface area contributed by atoms with Crippen LogP contribution in [0.1, 0.15) is 16.9 Å². The fourth-order valence-corrected chi connectivity index (χ4v) is 3.13. The first-order valence-electron chi connectivity index (χ1n) is 7.35. The van der Waals surface area contributed by atoms with Crippen molar-refractivity contribution in [1.82, 2.24) is 4.90 Å². The van der Waals surface area contributed by atoms with Gasteiger partial charge in [0.05, 0.1) is 6.54 Å². The molecule has 2 heterocycles. The second-order valence-corrected chi connectivity index (χ2v) is 5.70. The van der Waals surface area contributed by atoms with Crippen molar-refractivity contribution in [3.05, 3.63) is 65.4 Å². The van der Waals surface area contributed by atoms with Crippen LogP contribution in [0.15, 0.2) is 52.9 Å². The minimum absolute atomic E-state index is 0.836. The third-order valence-corrected chi connectivity index (χ3v) is 4.24. The SMILES string of the molecule is Nc1cccc2c1CN(Cc1cc3ccccc3o1)CC2. The quantitative estimate of drug-likeness (QED) is 0.729. The zero-order valence-corrected chi connectivity index (χ0v) is 11.9. The van der Waals surface area contributed by atoms with Crippen LogP contribution in [-0.4, -0.2) is 11.4 Å². The molecule has 0 unspecified atom stereocenters. The molecule has 4 rings (SSSR count). The zero-order chi connectivity index (χ0) is 14.2. The number of fused-ring (bicyclic) bond motifs is 2. The Bertz CT molecular complexity index is 758. The number of hydrogen-bond acceptors (Lipinski definition) is 3. The van der Waals surface area contributed by atoms with Gasteiger partial charge in [-0.1, -0.05) is 30.3 Å². The average Bonchev–Trinajstić information content (AvgIpc) is 2.90. The Kier molecular flexibility index (Phi) is 2.93. The van der Waals surface area contributed by atoms with Gasteiger partial charge < -0.3 is 10.2 Å². The van der Waals surface area contributed by atoms with Crippen molar-refractivity contribution >= 4 is 16.7 Å². The van der Waals surface area contributed by atoms with Gasteiger partial charge in [-0.3, -0.25) is 4.90 Å². The molecule has 0 bridgehead atoms. The summed E-state index contributed by atoms with van der Waals surface area (Å²) in [5, 5.41) is 1.17. The molecule has 2 N–H and O–H groups in total. The van der Waals surface area contributed by atoms with Gasteiger partial charge in [0.1, 0.15) is 11.3 Å². The summed E-state index contributed by atoms with van der Waals surface area (Å²) in [6.07, 6.45) is 1.06. The normalized spacial score (nSPS) is 15.2. The van der Waals surface area contributed by atoms with Gasteiger partial charge in [0.25, 0.3) is 0 Å². The molecule has 3 aromatic rings. The molecule has 0 saturated heterocycles. The van der Waals surface area contributed by atoms with Crippen molar-refractivity contribution in [2.75, 3.05) is 12.3 Å². The van der Waals surface area contributed by atoms with E-state index in [9.17, 15) is 0 Å². The van der Waals surface area contributed by atoms with Crippen molar-refractivity contribution < 1.29 is 4.42 Å². The lowest BCUT2D eigenvalue weighted by atomic mass is 9.98. The molecule has 0 fully saturated rings. The van der Waals surface area contributed by atoms with Crippen LogP contribution < -0.4 is 5.73 Å². The van der Waals surface area contributed by atoms with E-state index >= 15 is 0 Å². The van der Waals surface area contributed by atoms with Gasteiger partial charge in [-0.2, -0.15) is 0 Å².